The number of hydrogen-bond donors (Lipinski definition) is 1. The molecule has 0 aromatic carbocycles. The molecule has 0 aliphatic carbocycles. The van der Waals surface area contributed by atoms with Gasteiger partial charge in [0.25, 0.3) is 0 Å². The highest BCUT2D eigenvalue weighted by molar-refractivity contribution is 5.86. The number of esters is 1. The number of aromatic nitrogens is 2. The summed E-state index contributed by atoms with van der Waals surface area (Å²) < 4.78 is 4.57. The molecule has 2 heterocycles. The van der Waals surface area contributed by atoms with Crippen LogP contribution < -0.4 is 10.2 Å². The molecule has 1 fully saturated rings. The van der Waals surface area contributed by atoms with Crippen molar-refractivity contribution >= 4 is 11.8 Å². The van der Waals surface area contributed by atoms with Crippen LogP contribution in [0.25, 0.3) is 0 Å². The zero-order valence-corrected chi connectivity index (χ0v) is 10.0. The molecule has 0 amide bonds. The third kappa shape index (κ3) is 2.52. The predicted molar refractivity (Wildman–Crippen MR) is 63.0 cm³/mol. The third-order valence-corrected chi connectivity index (χ3v) is 2.98. The van der Waals surface area contributed by atoms with Crippen molar-refractivity contribution in [3.63, 3.8) is 0 Å². The first-order valence-electron chi connectivity index (χ1n) is 5.56. The molecule has 6 heteroatoms. The van der Waals surface area contributed by atoms with E-state index >= 15 is 0 Å². The lowest BCUT2D eigenvalue weighted by molar-refractivity contribution is 0.0593. The first-order chi connectivity index (χ1) is 8.22. The summed E-state index contributed by atoms with van der Waals surface area (Å²) in [5, 5.41) is 3.30. The number of carbonyl (C=O) groups is 1. The van der Waals surface area contributed by atoms with Gasteiger partial charge in [-0.1, -0.05) is 0 Å². The van der Waals surface area contributed by atoms with Crippen LogP contribution in [0.4, 0.5) is 5.82 Å². The highest BCUT2D eigenvalue weighted by Gasteiger charge is 2.20. The number of hydrogen-bond acceptors (Lipinski definition) is 6. The maximum atomic E-state index is 11.2. The fourth-order valence-corrected chi connectivity index (χ4v) is 1.87. The molecule has 1 aliphatic rings. The minimum atomic E-state index is -0.464. The molecule has 1 saturated heterocycles. The van der Waals surface area contributed by atoms with E-state index in [9.17, 15) is 4.79 Å². The van der Waals surface area contributed by atoms with Gasteiger partial charge in [-0.3, -0.25) is 0 Å². The SMILES string of the molecule is COC(=O)c1cnc(N(C)C2CCNC2)cn1. The van der Waals surface area contributed by atoms with E-state index in [1.54, 1.807) is 6.20 Å². The second-order valence-corrected chi connectivity index (χ2v) is 4.01. The number of likely N-dealkylation sites (N-methyl/N-ethyl adjacent to an activating group) is 1. The fraction of sp³-hybridized carbons (Fsp3) is 0.545. The Morgan fingerprint density at radius 1 is 1.53 bits per heavy atom. The molecule has 1 unspecified atom stereocenters. The Morgan fingerprint density at radius 2 is 2.35 bits per heavy atom. The topological polar surface area (TPSA) is 67.3 Å². The third-order valence-electron chi connectivity index (χ3n) is 2.98. The summed E-state index contributed by atoms with van der Waals surface area (Å²) in [6.07, 6.45) is 4.14. The molecular weight excluding hydrogens is 220 g/mol. The Balaban J connectivity index is 2.09. The Labute approximate surface area is 100 Å². The summed E-state index contributed by atoms with van der Waals surface area (Å²) in [6.45, 7) is 1.99. The van der Waals surface area contributed by atoms with Crippen LogP contribution in [-0.2, 0) is 4.74 Å². The average Bonchev–Trinajstić information content (AvgIpc) is 2.91. The lowest BCUT2D eigenvalue weighted by atomic mass is 10.2. The monoisotopic (exact) mass is 236 g/mol. The predicted octanol–water partition coefficient (Wildman–Crippen LogP) is 0.0613. The number of carbonyl (C=O) groups excluding carboxylic acids is 1. The second-order valence-electron chi connectivity index (χ2n) is 4.01. The van der Waals surface area contributed by atoms with Gasteiger partial charge >= 0.3 is 5.97 Å². The molecule has 6 nitrogen and oxygen atoms in total. The van der Waals surface area contributed by atoms with Crippen LogP contribution in [0.1, 0.15) is 16.9 Å². The number of ether oxygens (including phenoxy) is 1. The van der Waals surface area contributed by atoms with Crippen LogP contribution in [0.3, 0.4) is 0 Å². The minimum absolute atomic E-state index is 0.231. The summed E-state index contributed by atoms with van der Waals surface area (Å²) >= 11 is 0. The van der Waals surface area contributed by atoms with Crippen LogP contribution in [0.5, 0.6) is 0 Å². The highest BCUT2D eigenvalue weighted by atomic mass is 16.5. The maximum absolute atomic E-state index is 11.2. The Kier molecular flexibility index (Phi) is 3.53. The number of anilines is 1. The van der Waals surface area contributed by atoms with Crippen molar-refractivity contribution in [2.45, 2.75) is 12.5 Å². The van der Waals surface area contributed by atoms with E-state index in [1.165, 1.54) is 13.3 Å². The highest BCUT2D eigenvalue weighted by Crippen LogP contribution is 2.14. The van der Waals surface area contributed by atoms with E-state index in [4.69, 9.17) is 0 Å². The van der Waals surface area contributed by atoms with Crippen molar-refractivity contribution < 1.29 is 9.53 Å². The van der Waals surface area contributed by atoms with Gasteiger partial charge in [-0.25, -0.2) is 14.8 Å². The largest absolute Gasteiger partial charge is 0.464 e. The minimum Gasteiger partial charge on any atom is -0.464 e. The molecule has 0 saturated carbocycles. The quantitative estimate of drug-likeness (QED) is 0.749. The number of nitrogens with one attached hydrogen (secondary N) is 1. The molecular formula is C11H16N4O2. The first-order valence-corrected chi connectivity index (χ1v) is 5.56. The van der Waals surface area contributed by atoms with Crippen LogP contribution in [0, 0.1) is 0 Å². The summed E-state index contributed by atoms with van der Waals surface area (Å²) in [6, 6.07) is 0.438. The van der Waals surface area contributed by atoms with E-state index in [2.05, 4.69) is 24.9 Å². The Morgan fingerprint density at radius 3 is 2.88 bits per heavy atom. The lowest BCUT2D eigenvalue weighted by Crippen LogP contribution is -2.34. The Hall–Kier alpha value is -1.69. The van der Waals surface area contributed by atoms with Crippen molar-refractivity contribution in [3.05, 3.63) is 18.1 Å². The zero-order chi connectivity index (χ0) is 12.3. The van der Waals surface area contributed by atoms with E-state index in [0.717, 1.165) is 25.3 Å². The van der Waals surface area contributed by atoms with Crippen LogP contribution in [0.15, 0.2) is 12.4 Å². The fourth-order valence-electron chi connectivity index (χ4n) is 1.87. The van der Waals surface area contributed by atoms with Gasteiger partial charge in [0.15, 0.2) is 5.69 Å². The van der Waals surface area contributed by atoms with E-state index < -0.39 is 5.97 Å². The van der Waals surface area contributed by atoms with Gasteiger partial charge in [-0.05, 0) is 13.0 Å². The number of rotatable bonds is 3. The van der Waals surface area contributed by atoms with Crippen LogP contribution in [0.2, 0.25) is 0 Å². The molecule has 1 aliphatic heterocycles. The molecule has 1 aromatic heterocycles. The van der Waals surface area contributed by atoms with Crippen molar-refractivity contribution in [1.82, 2.24) is 15.3 Å². The van der Waals surface area contributed by atoms with Gasteiger partial charge in [-0.2, -0.15) is 0 Å². The van der Waals surface area contributed by atoms with Crippen LogP contribution in [-0.4, -0.2) is 49.2 Å². The van der Waals surface area contributed by atoms with E-state index in [-0.39, 0.29) is 5.69 Å². The van der Waals surface area contributed by atoms with Crippen molar-refractivity contribution in [2.75, 3.05) is 32.1 Å². The van der Waals surface area contributed by atoms with E-state index in [0.29, 0.717) is 6.04 Å². The number of methoxy groups -OCH3 is 1. The van der Waals surface area contributed by atoms with Gasteiger partial charge in [0, 0.05) is 19.6 Å². The normalized spacial score (nSPS) is 19.1. The molecule has 1 N–H and O–H groups in total. The molecule has 1 aromatic rings. The second kappa shape index (κ2) is 5.09. The molecule has 1 atom stereocenters. The molecule has 0 bridgehead atoms. The van der Waals surface area contributed by atoms with Gasteiger partial charge in [0.1, 0.15) is 5.82 Å². The van der Waals surface area contributed by atoms with Gasteiger partial charge in [0.05, 0.1) is 19.5 Å². The summed E-state index contributed by atoms with van der Waals surface area (Å²) in [5.41, 5.74) is 0.231. The smallest absolute Gasteiger partial charge is 0.358 e. The van der Waals surface area contributed by atoms with Gasteiger partial charge in [0.2, 0.25) is 0 Å². The summed E-state index contributed by atoms with van der Waals surface area (Å²) in [7, 11) is 3.31. The van der Waals surface area contributed by atoms with Gasteiger partial charge in [-0.15, -0.1) is 0 Å². The molecule has 0 radical (unpaired) electrons. The lowest BCUT2D eigenvalue weighted by Gasteiger charge is -2.24. The number of nitrogens with zero attached hydrogens (tertiary/aromatic N) is 3. The molecule has 17 heavy (non-hydrogen) atoms. The first kappa shape index (κ1) is 11.8. The standard InChI is InChI=1S/C11H16N4O2/c1-15(8-3-4-12-5-8)10-7-13-9(6-14-10)11(16)17-2/h6-8,12H,3-5H2,1-2H3. The maximum Gasteiger partial charge on any atom is 0.358 e. The summed E-state index contributed by atoms with van der Waals surface area (Å²) in [4.78, 5) is 21.5. The van der Waals surface area contributed by atoms with Crippen LogP contribution >= 0.6 is 0 Å². The molecule has 2 rings (SSSR count). The van der Waals surface area contributed by atoms with Crippen molar-refractivity contribution in [3.8, 4) is 0 Å². The van der Waals surface area contributed by atoms with Crippen molar-refractivity contribution in [1.29, 1.82) is 0 Å². The summed E-state index contributed by atoms with van der Waals surface area (Å²) in [5.74, 6) is 0.306. The average molecular weight is 236 g/mol. The van der Waals surface area contributed by atoms with Gasteiger partial charge < -0.3 is 15.0 Å². The van der Waals surface area contributed by atoms with E-state index in [1.807, 2.05) is 7.05 Å². The molecule has 92 valence electrons. The molecule has 0 spiro atoms. The Bertz CT molecular complexity index is 387. The zero-order valence-electron chi connectivity index (χ0n) is 10.0. The van der Waals surface area contributed by atoms with Crippen molar-refractivity contribution in [2.24, 2.45) is 0 Å².